The van der Waals surface area contributed by atoms with Crippen molar-refractivity contribution in [2.75, 3.05) is 14.1 Å². The third kappa shape index (κ3) is 11.9. The van der Waals surface area contributed by atoms with E-state index in [1.54, 1.807) is 25.1 Å². The van der Waals surface area contributed by atoms with E-state index < -0.39 is 41.7 Å². The Bertz CT molecular complexity index is 1060. The normalized spacial score (nSPS) is 14.4. The Morgan fingerprint density at radius 1 is 1.00 bits per heavy atom. The molecular formula is C29H44F3N3O6. The summed E-state index contributed by atoms with van der Waals surface area (Å²) in [7, 11) is 3.41. The molecule has 41 heavy (non-hydrogen) atoms. The average molecular weight is 588 g/mol. The Balaban J connectivity index is 0.00000201. The molecule has 0 aromatic heterocycles. The van der Waals surface area contributed by atoms with Crippen molar-refractivity contribution in [3.63, 3.8) is 0 Å². The number of halogens is 3. The lowest BCUT2D eigenvalue weighted by molar-refractivity contribution is -0.192. The molecule has 2 amide bonds. The van der Waals surface area contributed by atoms with Gasteiger partial charge in [0.15, 0.2) is 0 Å². The van der Waals surface area contributed by atoms with Gasteiger partial charge >= 0.3 is 18.1 Å². The van der Waals surface area contributed by atoms with E-state index in [0.29, 0.717) is 6.42 Å². The van der Waals surface area contributed by atoms with Crippen LogP contribution in [0.5, 0.6) is 0 Å². The molecule has 0 bridgehead atoms. The lowest BCUT2D eigenvalue weighted by Gasteiger charge is -2.36. The summed E-state index contributed by atoms with van der Waals surface area (Å²) in [4.78, 5) is 48.8. The zero-order valence-corrected chi connectivity index (χ0v) is 25.2. The van der Waals surface area contributed by atoms with Crippen molar-refractivity contribution in [2.24, 2.45) is 11.8 Å². The zero-order chi connectivity index (χ0) is 32.3. The molecule has 0 saturated heterocycles. The van der Waals surface area contributed by atoms with Gasteiger partial charge in [-0.2, -0.15) is 13.2 Å². The number of benzene rings is 1. The average Bonchev–Trinajstić information content (AvgIpc) is 2.85. The molecule has 0 saturated carbocycles. The number of aliphatic carboxylic acids is 2. The molecule has 1 aromatic carbocycles. The third-order valence-corrected chi connectivity index (χ3v) is 6.59. The lowest BCUT2D eigenvalue weighted by atomic mass is 9.77. The fourth-order valence-corrected chi connectivity index (χ4v) is 4.27. The van der Waals surface area contributed by atoms with E-state index in [-0.39, 0.29) is 29.2 Å². The van der Waals surface area contributed by atoms with E-state index in [2.05, 4.69) is 10.6 Å². The number of hydrogen-bond donors (Lipinski definition) is 4. The van der Waals surface area contributed by atoms with E-state index >= 15 is 0 Å². The second kappa shape index (κ2) is 16.1. The summed E-state index contributed by atoms with van der Waals surface area (Å²) < 4.78 is 31.7. The number of hydrogen-bond acceptors (Lipinski definition) is 5. The van der Waals surface area contributed by atoms with Crippen LogP contribution >= 0.6 is 0 Å². The Morgan fingerprint density at radius 3 is 1.85 bits per heavy atom. The van der Waals surface area contributed by atoms with Crippen LogP contribution < -0.4 is 10.6 Å². The van der Waals surface area contributed by atoms with Crippen molar-refractivity contribution in [2.45, 2.75) is 84.6 Å². The molecule has 232 valence electrons. The minimum Gasteiger partial charge on any atom is -0.478 e. The number of likely N-dealkylation sites (N-methyl/N-ethyl adjacent to an activating group) is 2. The molecule has 0 spiro atoms. The minimum absolute atomic E-state index is 0.000669. The monoisotopic (exact) mass is 587 g/mol. The van der Waals surface area contributed by atoms with Gasteiger partial charge in [-0.15, -0.1) is 0 Å². The van der Waals surface area contributed by atoms with E-state index in [9.17, 15) is 32.7 Å². The maximum Gasteiger partial charge on any atom is 0.490 e. The van der Waals surface area contributed by atoms with Crippen LogP contribution in [0.2, 0.25) is 0 Å². The van der Waals surface area contributed by atoms with Gasteiger partial charge in [-0.05, 0) is 37.8 Å². The quantitative estimate of drug-likeness (QED) is 0.269. The molecule has 1 rings (SSSR count). The summed E-state index contributed by atoms with van der Waals surface area (Å²) in [5.74, 6) is -4.08. The molecule has 0 aliphatic heterocycles. The Morgan fingerprint density at radius 2 is 1.49 bits per heavy atom. The summed E-state index contributed by atoms with van der Waals surface area (Å²) in [6.45, 7) is 13.4. The molecule has 3 atom stereocenters. The number of nitrogens with one attached hydrogen (secondary N) is 2. The van der Waals surface area contributed by atoms with Crippen molar-refractivity contribution in [1.82, 2.24) is 15.5 Å². The first-order valence-corrected chi connectivity index (χ1v) is 13.2. The van der Waals surface area contributed by atoms with Crippen LogP contribution in [0.4, 0.5) is 13.2 Å². The number of rotatable bonds is 12. The van der Waals surface area contributed by atoms with Crippen LogP contribution in [-0.4, -0.2) is 77.3 Å². The van der Waals surface area contributed by atoms with E-state index in [0.717, 1.165) is 5.56 Å². The van der Waals surface area contributed by atoms with Gasteiger partial charge in [0.2, 0.25) is 11.8 Å². The van der Waals surface area contributed by atoms with Crippen molar-refractivity contribution in [3.05, 3.63) is 47.5 Å². The summed E-state index contributed by atoms with van der Waals surface area (Å²) in [6.07, 6.45) is -3.00. The van der Waals surface area contributed by atoms with Gasteiger partial charge in [-0.1, -0.05) is 78.0 Å². The van der Waals surface area contributed by atoms with Gasteiger partial charge in [-0.3, -0.25) is 9.59 Å². The zero-order valence-electron chi connectivity index (χ0n) is 25.2. The van der Waals surface area contributed by atoms with Gasteiger partial charge in [-0.25, -0.2) is 9.59 Å². The van der Waals surface area contributed by atoms with Crippen LogP contribution in [0.1, 0.15) is 60.5 Å². The lowest BCUT2D eigenvalue weighted by Crippen LogP contribution is -2.58. The molecule has 0 unspecified atom stereocenters. The fourth-order valence-electron chi connectivity index (χ4n) is 4.27. The van der Waals surface area contributed by atoms with Crippen LogP contribution in [0.25, 0.3) is 0 Å². The van der Waals surface area contributed by atoms with Crippen molar-refractivity contribution < 1.29 is 42.6 Å². The van der Waals surface area contributed by atoms with Crippen molar-refractivity contribution >= 4 is 23.8 Å². The molecule has 4 N–H and O–H groups in total. The maximum atomic E-state index is 13.6. The second-order valence-electron chi connectivity index (χ2n) is 11.1. The minimum atomic E-state index is -5.08. The highest BCUT2D eigenvalue weighted by Gasteiger charge is 2.39. The van der Waals surface area contributed by atoms with Gasteiger partial charge in [0.05, 0.1) is 12.1 Å². The number of alkyl halides is 3. The summed E-state index contributed by atoms with van der Waals surface area (Å²) in [6, 6.07) is 8.13. The molecule has 0 fully saturated rings. The predicted octanol–water partition coefficient (Wildman–Crippen LogP) is 4.23. The Kier molecular flexibility index (Phi) is 14.8. The molecule has 1 aromatic rings. The fraction of sp³-hybridized carbons (Fsp3) is 0.586. The summed E-state index contributed by atoms with van der Waals surface area (Å²) in [5, 5.41) is 22.6. The number of nitrogens with zero attached hydrogens (tertiary/aromatic N) is 1. The number of carboxylic acid groups (broad SMARTS) is 2. The maximum absolute atomic E-state index is 13.6. The molecule has 0 heterocycles. The van der Waals surface area contributed by atoms with Gasteiger partial charge in [0.1, 0.15) is 6.04 Å². The number of carbonyl (C=O) groups is 4. The predicted molar refractivity (Wildman–Crippen MR) is 150 cm³/mol. The van der Waals surface area contributed by atoms with Crippen LogP contribution in [0.15, 0.2) is 42.0 Å². The molecule has 9 nitrogen and oxygen atoms in total. The Hall–Kier alpha value is -3.41. The van der Waals surface area contributed by atoms with Crippen molar-refractivity contribution in [1.29, 1.82) is 0 Å². The van der Waals surface area contributed by atoms with Crippen LogP contribution in [-0.2, 0) is 24.6 Å². The molecule has 0 aliphatic carbocycles. The molecule has 0 aliphatic rings. The molecular weight excluding hydrogens is 543 g/mol. The first-order valence-electron chi connectivity index (χ1n) is 13.2. The molecule has 12 heteroatoms. The summed E-state index contributed by atoms with van der Waals surface area (Å²) in [5.41, 5.74) is 0.685. The third-order valence-electron chi connectivity index (χ3n) is 6.59. The topological polar surface area (TPSA) is 136 Å². The van der Waals surface area contributed by atoms with Gasteiger partial charge < -0.3 is 25.7 Å². The number of carboxylic acids is 2. The number of amides is 2. The highest BCUT2D eigenvalue weighted by atomic mass is 19.4. The first kappa shape index (κ1) is 37.6. The standard InChI is InChI=1S/C27H43N3O4.C2HF3O2/c1-17(2)15-21(25(32)30(9)22(18(3)4)16-19(5)26(33)34)29-24(31)23(28-8)27(6,7)20-13-11-10-12-14-20;3-2(4,5)1(6)7/h10-14,16-18,21-23,28H,15H2,1-9H3,(H,29,31)(H,33,34);(H,6,7)/b19-16+;/t21-,22+,23+;/m0./s1. The highest BCUT2D eigenvalue weighted by molar-refractivity contribution is 5.91. The first-order chi connectivity index (χ1) is 18.7. The van der Waals surface area contributed by atoms with E-state index in [4.69, 9.17) is 9.90 Å². The largest absolute Gasteiger partial charge is 0.490 e. The van der Waals surface area contributed by atoms with E-state index in [1.165, 1.54) is 6.92 Å². The SMILES string of the molecule is CN[C@H](C(=O)N[C@@H](CC(C)C)C(=O)N(C)[C@H](/C=C(\C)C(=O)O)C(C)C)C(C)(C)c1ccccc1.O=C(O)C(F)(F)F. The van der Waals surface area contributed by atoms with Crippen LogP contribution in [0, 0.1) is 11.8 Å². The molecule has 0 radical (unpaired) electrons. The van der Waals surface area contributed by atoms with E-state index in [1.807, 2.05) is 71.9 Å². The second-order valence-corrected chi connectivity index (χ2v) is 11.1. The smallest absolute Gasteiger partial charge is 0.478 e. The van der Waals surface area contributed by atoms with Crippen LogP contribution in [0.3, 0.4) is 0 Å². The van der Waals surface area contributed by atoms with Crippen molar-refractivity contribution in [3.8, 4) is 0 Å². The Labute approximate surface area is 240 Å². The highest BCUT2D eigenvalue weighted by Crippen LogP contribution is 2.27. The number of carbonyl (C=O) groups excluding carboxylic acids is 2. The van der Waals surface area contributed by atoms with Gasteiger partial charge in [0, 0.05) is 18.0 Å². The van der Waals surface area contributed by atoms with Gasteiger partial charge in [0.25, 0.3) is 0 Å². The summed E-state index contributed by atoms with van der Waals surface area (Å²) >= 11 is 0.